The Morgan fingerprint density at radius 1 is 0.560 bits per heavy atom. The lowest BCUT2D eigenvalue weighted by molar-refractivity contribution is 0.00578. The number of hydrogen-bond acceptors (Lipinski definition) is 8. The van der Waals surface area contributed by atoms with Crippen LogP contribution in [0.15, 0.2) is 83.6 Å². The highest BCUT2D eigenvalue weighted by atomic mass is 32.1. The van der Waals surface area contributed by atoms with Crippen LogP contribution in [-0.2, 0) is 31.5 Å². The molecule has 10 heteroatoms. The van der Waals surface area contributed by atoms with Gasteiger partial charge in [-0.3, -0.25) is 9.59 Å². The molecule has 0 radical (unpaired) electrons. The Morgan fingerprint density at radius 3 is 1.12 bits per heavy atom. The number of thiophene rings is 2. The summed E-state index contributed by atoms with van der Waals surface area (Å²) in [6, 6.07) is 24.7. The van der Waals surface area contributed by atoms with Crippen molar-refractivity contribution in [3.63, 3.8) is 0 Å². The molecule has 0 unspecified atom stereocenters. The van der Waals surface area contributed by atoms with E-state index in [9.17, 15) is 9.59 Å². The van der Waals surface area contributed by atoms with Gasteiger partial charge in [0.1, 0.15) is 0 Å². The van der Waals surface area contributed by atoms with E-state index < -0.39 is 0 Å². The molecule has 0 saturated carbocycles. The van der Waals surface area contributed by atoms with Crippen LogP contribution in [0.1, 0.15) is 122 Å². The second-order valence-electron chi connectivity index (χ2n) is 15.4. The third-order valence-electron chi connectivity index (χ3n) is 10.6. The van der Waals surface area contributed by atoms with Crippen LogP contribution in [0.25, 0.3) is 0 Å². The third kappa shape index (κ3) is 8.60. The van der Waals surface area contributed by atoms with E-state index in [1.165, 1.54) is 33.8 Å². The lowest BCUT2D eigenvalue weighted by Gasteiger charge is -2.32. The average Bonchev–Trinajstić information content (AvgIpc) is 3.80. The topological polar surface area (TPSA) is 71.1 Å². The monoisotopic (exact) mass is 712 g/mol. The van der Waals surface area contributed by atoms with Crippen LogP contribution < -0.4 is 0 Å². The summed E-state index contributed by atoms with van der Waals surface area (Å²) in [5.41, 5.74) is 3.26. The molecule has 2 aromatic heterocycles. The number of Topliss-reactive ketones (excluding diaryl/α,β-unsaturated/α-hetero) is 2. The van der Waals surface area contributed by atoms with Crippen molar-refractivity contribution in [1.82, 2.24) is 0 Å². The highest BCUT2D eigenvalue weighted by Crippen LogP contribution is 2.43. The summed E-state index contributed by atoms with van der Waals surface area (Å²) in [5, 5.41) is 4.13. The summed E-state index contributed by atoms with van der Waals surface area (Å²) in [6.45, 7) is 19.8. The second kappa shape index (κ2) is 15.0. The van der Waals surface area contributed by atoms with Crippen molar-refractivity contribution in [2.24, 2.45) is 0 Å². The minimum Gasteiger partial charge on any atom is -0.403 e. The molecule has 0 spiro atoms. The molecule has 2 aromatic carbocycles. The van der Waals surface area contributed by atoms with E-state index in [1.807, 2.05) is 48.5 Å². The molecule has 0 bridgehead atoms. The normalized spacial score (nSPS) is 19.8. The van der Waals surface area contributed by atoms with Crippen LogP contribution in [0.5, 0.6) is 0 Å². The Kier molecular flexibility index (Phi) is 11.5. The van der Waals surface area contributed by atoms with Gasteiger partial charge < -0.3 is 18.6 Å². The Hall–Kier alpha value is -2.85. The van der Waals surface area contributed by atoms with Crippen molar-refractivity contribution < 1.29 is 28.2 Å². The smallest absolute Gasteiger partial charge is 0.403 e. The Labute approximate surface area is 307 Å². The fourth-order valence-electron chi connectivity index (χ4n) is 6.09. The van der Waals surface area contributed by atoms with Gasteiger partial charge in [-0.2, -0.15) is 0 Å². The molecule has 0 aliphatic carbocycles. The number of carbonyl (C=O) groups excluding carboxylic acids is 2. The standard InChI is InChI=1S/2C20H25BO3S/c2*1-14(22)18-12-15(13-25-18)11-17(16-9-7-6-8-10-16)21-23-19(2,3)20(4,5)24-21/h2*6-10,12-13,17H,11H2,1-5H3/t2*17-/m11/s1. The molecule has 4 heterocycles. The van der Waals surface area contributed by atoms with Gasteiger partial charge in [0.2, 0.25) is 0 Å². The van der Waals surface area contributed by atoms with Gasteiger partial charge in [-0.25, -0.2) is 0 Å². The molecule has 6 rings (SSSR count). The maximum absolute atomic E-state index is 11.6. The zero-order valence-corrected chi connectivity index (χ0v) is 32.7. The van der Waals surface area contributed by atoms with Crippen LogP contribution in [0.3, 0.4) is 0 Å². The molecular weight excluding hydrogens is 662 g/mol. The molecule has 2 aliphatic rings. The Balaban J connectivity index is 0.000000194. The second-order valence-corrected chi connectivity index (χ2v) is 17.3. The van der Waals surface area contributed by atoms with Crippen LogP contribution in [0, 0.1) is 0 Å². The first-order valence-corrected chi connectivity index (χ1v) is 19.1. The molecule has 264 valence electrons. The van der Waals surface area contributed by atoms with Crippen molar-refractivity contribution in [1.29, 1.82) is 0 Å². The Morgan fingerprint density at radius 2 is 0.860 bits per heavy atom. The van der Waals surface area contributed by atoms with Crippen molar-refractivity contribution in [3.05, 3.63) is 116 Å². The fraction of sp³-hybridized carbons (Fsp3) is 0.450. The first-order valence-electron chi connectivity index (χ1n) is 17.4. The van der Waals surface area contributed by atoms with Gasteiger partial charge in [-0.05, 0) is 127 Å². The molecule has 2 saturated heterocycles. The van der Waals surface area contributed by atoms with Gasteiger partial charge in [0.15, 0.2) is 11.6 Å². The molecule has 2 fully saturated rings. The minimum absolute atomic E-state index is 0.0802. The summed E-state index contributed by atoms with van der Waals surface area (Å²) in [5.74, 6) is 0.389. The van der Waals surface area contributed by atoms with E-state index in [1.54, 1.807) is 13.8 Å². The minimum atomic E-state index is -0.357. The Bertz CT molecular complexity index is 1600. The highest BCUT2D eigenvalue weighted by Gasteiger charge is 2.55. The lowest BCUT2D eigenvalue weighted by atomic mass is 9.65. The summed E-state index contributed by atoms with van der Waals surface area (Å²) < 4.78 is 25.3. The molecule has 0 amide bonds. The maximum Gasteiger partial charge on any atom is 0.466 e. The fourth-order valence-corrected chi connectivity index (χ4v) is 7.75. The van der Waals surface area contributed by atoms with Crippen LogP contribution in [-0.4, -0.2) is 48.2 Å². The van der Waals surface area contributed by atoms with Crippen molar-refractivity contribution >= 4 is 48.5 Å². The third-order valence-corrected chi connectivity index (χ3v) is 12.7. The number of carbonyl (C=O) groups is 2. The summed E-state index contributed by atoms with van der Waals surface area (Å²) >= 11 is 3.01. The molecule has 2 atom stereocenters. The van der Waals surface area contributed by atoms with Gasteiger partial charge >= 0.3 is 14.2 Å². The van der Waals surface area contributed by atoms with E-state index in [-0.39, 0.29) is 59.8 Å². The van der Waals surface area contributed by atoms with E-state index in [0.717, 1.165) is 33.7 Å². The number of benzene rings is 2. The van der Waals surface area contributed by atoms with E-state index in [4.69, 9.17) is 18.6 Å². The number of ketones is 2. The molecule has 50 heavy (non-hydrogen) atoms. The van der Waals surface area contributed by atoms with E-state index in [0.29, 0.717) is 0 Å². The van der Waals surface area contributed by atoms with Gasteiger partial charge in [0.25, 0.3) is 0 Å². The van der Waals surface area contributed by atoms with Gasteiger partial charge in [-0.15, -0.1) is 22.7 Å². The SMILES string of the molecule is CC(=O)c1cc(C[C@@H](B2OC(C)(C)C(C)(C)O2)c2ccccc2)cs1.CC(=O)c1cc(C[C@@H](B2OC(C)(C)C(C)(C)O2)c2ccccc2)cs1. The zero-order valence-electron chi connectivity index (χ0n) is 31.1. The van der Waals surface area contributed by atoms with E-state index >= 15 is 0 Å². The van der Waals surface area contributed by atoms with Crippen LogP contribution >= 0.6 is 22.7 Å². The first kappa shape index (κ1) is 38.4. The first-order chi connectivity index (χ1) is 23.4. The molecule has 4 aromatic rings. The number of rotatable bonds is 10. The highest BCUT2D eigenvalue weighted by molar-refractivity contribution is 7.12. The molecule has 6 nitrogen and oxygen atoms in total. The van der Waals surface area contributed by atoms with E-state index in [2.05, 4.69) is 90.4 Å². The predicted octanol–water partition coefficient (Wildman–Crippen LogP) is 9.82. The van der Waals surface area contributed by atoms with Crippen molar-refractivity contribution in [3.8, 4) is 0 Å². The summed E-state index contributed by atoms with van der Waals surface area (Å²) in [7, 11) is -0.624. The molecule has 0 N–H and O–H groups in total. The van der Waals surface area contributed by atoms with Crippen LogP contribution in [0.2, 0.25) is 0 Å². The van der Waals surface area contributed by atoms with Gasteiger partial charge in [-0.1, -0.05) is 60.7 Å². The van der Waals surface area contributed by atoms with Crippen molar-refractivity contribution in [2.45, 2.75) is 116 Å². The summed E-state index contributed by atoms with van der Waals surface area (Å²) in [6.07, 6.45) is 1.56. The lowest BCUT2D eigenvalue weighted by Crippen LogP contribution is -2.41. The largest absolute Gasteiger partial charge is 0.466 e. The van der Waals surface area contributed by atoms with Crippen molar-refractivity contribution in [2.75, 3.05) is 0 Å². The quantitative estimate of drug-likeness (QED) is 0.121. The van der Waals surface area contributed by atoms with Crippen LogP contribution in [0.4, 0.5) is 0 Å². The maximum atomic E-state index is 11.6. The predicted molar refractivity (Wildman–Crippen MR) is 207 cm³/mol. The number of hydrogen-bond donors (Lipinski definition) is 0. The summed E-state index contributed by atoms with van der Waals surface area (Å²) in [4.78, 5) is 24.8. The van der Waals surface area contributed by atoms with Gasteiger partial charge in [0, 0.05) is 11.6 Å². The van der Waals surface area contributed by atoms with Gasteiger partial charge in [0.05, 0.1) is 32.2 Å². The zero-order chi connectivity index (χ0) is 36.5. The molecular formula is C40H50B2O6S2. The average molecular weight is 713 g/mol. The molecule has 2 aliphatic heterocycles.